The first-order valence-corrected chi connectivity index (χ1v) is 7.17. The summed E-state index contributed by atoms with van der Waals surface area (Å²) in [5, 5.41) is 10.1. The van der Waals surface area contributed by atoms with Crippen LogP contribution in [0.1, 0.15) is 18.9 Å². The van der Waals surface area contributed by atoms with Crippen molar-refractivity contribution < 1.29 is 14.6 Å². The number of aromatic hydroxyl groups is 1. The van der Waals surface area contributed by atoms with Crippen molar-refractivity contribution in [1.82, 2.24) is 9.80 Å². The highest BCUT2D eigenvalue weighted by Gasteiger charge is 2.23. The van der Waals surface area contributed by atoms with E-state index in [4.69, 9.17) is 9.47 Å². The lowest BCUT2D eigenvalue weighted by atomic mass is 10.1. The second-order valence-corrected chi connectivity index (χ2v) is 5.77. The zero-order valence-corrected chi connectivity index (χ0v) is 12.1. The molecule has 3 rings (SSSR count). The molecule has 1 atom stereocenters. The van der Waals surface area contributed by atoms with Crippen molar-refractivity contribution in [2.75, 3.05) is 33.5 Å². The predicted octanol–water partition coefficient (Wildman–Crippen LogP) is 1.65. The molecule has 5 heteroatoms. The van der Waals surface area contributed by atoms with E-state index >= 15 is 0 Å². The van der Waals surface area contributed by atoms with Crippen molar-refractivity contribution >= 4 is 0 Å². The fourth-order valence-corrected chi connectivity index (χ4v) is 2.98. The van der Waals surface area contributed by atoms with Crippen molar-refractivity contribution in [2.45, 2.75) is 25.9 Å². The number of likely N-dealkylation sites (N-methyl/N-ethyl adjacent to an activating group) is 1. The van der Waals surface area contributed by atoms with Crippen LogP contribution in [0.2, 0.25) is 0 Å². The van der Waals surface area contributed by atoms with Gasteiger partial charge in [0.05, 0.1) is 0 Å². The molecule has 0 saturated carbocycles. The molecule has 0 spiro atoms. The van der Waals surface area contributed by atoms with E-state index in [2.05, 4.69) is 23.8 Å². The van der Waals surface area contributed by atoms with Gasteiger partial charge in [-0.05, 0) is 33.0 Å². The Labute approximate surface area is 119 Å². The highest BCUT2D eigenvalue weighted by molar-refractivity contribution is 5.51. The highest BCUT2D eigenvalue weighted by atomic mass is 16.7. The van der Waals surface area contributed by atoms with Crippen LogP contribution in [-0.4, -0.2) is 54.4 Å². The Bertz CT molecular complexity index is 492. The molecule has 1 unspecified atom stereocenters. The summed E-state index contributed by atoms with van der Waals surface area (Å²) in [4.78, 5) is 4.78. The monoisotopic (exact) mass is 278 g/mol. The third-order valence-electron chi connectivity index (χ3n) is 4.13. The van der Waals surface area contributed by atoms with E-state index < -0.39 is 0 Å². The summed E-state index contributed by atoms with van der Waals surface area (Å²) in [6, 6.07) is 4.04. The van der Waals surface area contributed by atoms with Crippen molar-refractivity contribution in [1.29, 1.82) is 0 Å². The fraction of sp³-hybridized carbons (Fsp3) is 0.600. The predicted molar refractivity (Wildman–Crippen MR) is 76.2 cm³/mol. The Hall–Kier alpha value is -1.46. The van der Waals surface area contributed by atoms with Gasteiger partial charge in [0, 0.05) is 37.3 Å². The van der Waals surface area contributed by atoms with E-state index in [9.17, 15) is 5.11 Å². The topological polar surface area (TPSA) is 45.2 Å². The Morgan fingerprint density at radius 2 is 2.00 bits per heavy atom. The Balaban J connectivity index is 1.77. The van der Waals surface area contributed by atoms with Crippen LogP contribution in [0.15, 0.2) is 12.1 Å². The number of nitrogens with zero attached hydrogens (tertiary/aromatic N) is 2. The van der Waals surface area contributed by atoms with E-state index in [0.717, 1.165) is 43.9 Å². The van der Waals surface area contributed by atoms with Gasteiger partial charge in [-0.25, -0.2) is 0 Å². The Morgan fingerprint density at radius 3 is 2.80 bits per heavy atom. The van der Waals surface area contributed by atoms with Crippen LogP contribution >= 0.6 is 0 Å². The van der Waals surface area contributed by atoms with Gasteiger partial charge in [-0.3, -0.25) is 4.90 Å². The van der Waals surface area contributed by atoms with Crippen LogP contribution < -0.4 is 9.47 Å². The first-order chi connectivity index (χ1) is 9.63. The van der Waals surface area contributed by atoms with Gasteiger partial charge in [0.15, 0.2) is 11.5 Å². The molecule has 0 aliphatic carbocycles. The molecular formula is C15H22N2O3. The van der Waals surface area contributed by atoms with Crippen LogP contribution in [0.5, 0.6) is 17.2 Å². The lowest BCUT2D eigenvalue weighted by Gasteiger charge is -2.28. The van der Waals surface area contributed by atoms with E-state index in [1.54, 1.807) is 6.07 Å². The van der Waals surface area contributed by atoms with Crippen molar-refractivity contribution in [3.05, 3.63) is 17.7 Å². The second kappa shape index (κ2) is 5.50. The molecular weight excluding hydrogens is 256 g/mol. The van der Waals surface area contributed by atoms with E-state index in [0.29, 0.717) is 17.5 Å². The molecule has 5 nitrogen and oxygen atoms in total. The molecule has 1 saturated heterocycles. The summed E-state index contributed by atoms with van der Waals surface area (Å²) in [7, 11) is 2.16. The third-order valence-corrected chi connectivity index (χ3v) is 4.13. The molecule has 1 aromatic carbocycles. The molecule has 0 amide bonds. The van der Waals surface area contributed by atoms with Gasteiger partial charge < -0.3 is 19.5 Å². The summed E-state index contributed by atoms with van der Waals surface area (Å²) in [5.41, 5.74) is 0.908. The minimum absolute atomic E-state index is 0.239. The average molecular weight is 278 g/mol. The number of hydrogen-bond acceptors (Lipinski definition) is 5. The van der Waals surface area contributed by atoms with Crippen LogP contribution in [0.25, 0.3) is 0 Å². The number of phenols is 1. The van der Waals surface area contributed by atoms with Crippen molar-refractivity contribution in [3.63, 3.8) is 0 Å². The van der Waals surface area contributed by atoms with E-state index in [1.807, 2.05) is 6.07 Å². The molecule has 2 aliphatic rings. The average Bonchev–Trinajstić information content (AvgIpc) is 2.77. The molecule has 110 valence electrons. The quantitative estimate of drug-likeness (QED) is 0.891. The SMILES string of the molecule is CC1CN(C)CCCN1Cc1cc2c(cc1O)OCO2. The Morgan fingerprint density at radius 1 is 1.25 bits per heavy atom. The lowest BCUT2D eigenvalue weighted by Crippen LogP contribution is -2.37. The molecule has 0 radical (unpaired) electrons. The lowest BCUT2D eigenvalue weighted by molar-refractivity contribution is 0.173. The standard InChI is InChI=1S/C15H22N2O3/c1-11-8-16(2)4-3-5-17(11)9-12-6-14-15(7-13(12)18)20-10-19-14/h6-7,11,18H,3-5,8-10H2,1-2H3. The highest BCUT2D eigenvalue weighted by Crippen LogP contribution is 2.38. The van der Waals surface area contributed by atoms with Gasteiger partial charge in [-0.1, -0.05) is 0 Å². The molecule has 20 heavy (non-hydrogen) atoms. The maximum absolute atomic E-state index is 10.1. The number of benzene rings is 1. The third kappa shape index (κ3) is 2.69. The summed E-state index contributed by atoms with van der Waals surface area (Å²) < 4.78 is 10.7. The smallest absolute Gasteiger partial charge is 0.231 e. The number of rotatable bonds is 2. The molecule has 0 aromatic heterocycles. The minimum atomic E-state index is 0.239. The largest absolute Gasteiger partial charge is 0.507 e. The van der Waals surface area contributed by atoms with Crippen LogP contribution in [0.3, 0.4) is 0 Å². The normalized spacial score (nSPS) is 23.8. The zero-order chi connectivity index (χ0) is 14.1. The van der Waals surface area contributed by atoms with Crippen LogP contribution in [0.4, 0.5) is 0 Å². The zero-order valence-electron chi connectivity index (χ0n) is 12.1. The summed E-state index contributed by atoms with van der Waals surface area (Å²) in [5.74, 6) is 1.66. The maximum Gasteiger partial charge on any atom is 0.231 e. The van der Waals surface area contributed by atoms with Crippen LogP contribution in [0, 0.1) is 0 Å². The molecule has 1 N–H and O–H groups in total. The van der Waals surface area contributed by atoms with Gasteiger partial charge in [0.25, 0.3) is 0 Å². The number of phenolic OH excluding ortho intramolecular Hbond substituents is 1. The van der Waals surface area contributed by atoms with Crippen molar-refractivity contribution in [2.24, 2.45) is 0 Å². The minimum Gasteiger partial charge on any atom is -0.507 e. The van der Waals surface area contributed by atoms with Gasteiger partial charge in [0.1, 0.15) is 5.75 Å². The first-order valence-electron chi connectivity index (χ1n) is 7.17. The summed E-state index contributed by atoms with van der Waals surface area (Å²) in [6.07, 6.45) is 1.16. The van der Waals surface area contributed by atoms with Gasteiger partial charge in [-0.2, -0.15) is 0 Å². The molecule has 2 aliphatic heterocycles. The summed E-state index contributed by atoms with van der Waals surface area (Å²) >= 11 is 0. The Kier molecular flexibility index (Phi) is 3.72. The van der Waals surface area contributed by atoms with Crippen LogP contribution in [-0.2, 0) is 6.54 Å². The fourth-order valence-electron chi connectivity index (χ4n) is 2.98. The van der Waals surface area contributed by atoms with Gasteiger partial charge >= 0.3 is 0 Å². The van der Waals surface area contributed by atoms with Gasteiger partial charge in [-0.15, -0.1) is 0 Å². The molecule has 0 bridgehead atoms. The molecule has 1 fully saturated rings. The first kappa shape index (κ1) is 13.5. The van der Waals surface area contributed by atoms with Gasteiger partial charge in [0.2, 0.25) is 6.79 Å². The molecule has 2 heterocycles. The van der Waals surface area contributed by atoms with E-state index in [1.165, 1.54) is 0 Å². The van der Waals surface area contributed by atoms with Crippen molar-refractivity contribution in [3.8, 4) is 17.2 Å². The number of ether oxygens (including phenoxy) is 2. The number of hydrogen-bond donors (Lipinski definition) is 1. The second-order valence-electron chi connectivity index (χ2n) is 5.77. The molecule has 1 aromatic rings. The van der Waals surface area contributed by atoms with E-state index in [-0.39, 0.29) is 6.79 Å². The summed E-state index contributed by atoms with van der Waals surface area (Å²) in [6.45, 7) is 6.48. The maximum atomic E-state index is 10.1. The number of fused-ring (bicyclic) bond motifs is 1.